The van der Waals surface area contributed by atoms with Gasteiger partial charge in [0.25, 0.3) is 0 Å². The minimum atomic E-state index is -0.384. The number of nitrogens with zero attached hydrogens (tertiary/aromatic N) is 1. The topological polar surface area (TPSA) is 58.5 Å². The lowest BCUT2D eigenvalue weighted by Gasteiger charge is -2.34. The van der Waals surface area contributed by atoms with Crippen LogP contribution in [-0.2, 0) is 0 Å². The number of fused-ring (bicyclic) bond motifs is 1. The predicted molar refractivity (Wildman–Crippen MR) is 106 cm³/mol. The van der Waals surface area contributed by atoms with Gasteiger partial charge in [0.2, 0.25) is 0 Å². The Morgan fingerprint density at radius 1 is 1.11 bits per heavy atom. The summed E-state index contributed by atoms with van der Waals surface area (Å²) in [5.41, 5.74) is 2.71. The van der Waals surface area contributed by atoms with Gasteiger partial charge in [-0.15, -0.1) is 0 Å². The number of H-pyrrole nitrogens is 1. The summed E-state index contributed by atoms with van der Waals surface area (Å²) in [5.74, 6) is 1.09. The summed E-state index contributed by atoms with van der Waals surface area (Å²) in [6.07, 6.45) is 4.69. The summed E-state index contributed by atoms with van der Waals surface area (Å²) in [5, 5.41) is 0. The number of rotatable bonds is 6. The van der Waals surface area contributed by atoms with Crippen molar-refractivity contribution in [1.82, 2.24) is 9.88 Å². The first-order valence-electron chi connectivity index (χ1n) is 9.70. The number of para-hydroxylation sites is 1. The van der Waals surface area contributed by atoms with E-state index in [4.69, 9.17) is 9.15 Å². The molecule has 1 saturated carbocycles. The maximum atomic E-state index is 11.3. The van der Waals surface area contributed by atoms with Crippen LogP contribution in [0, 0.1) is 0 Å². The van der Waals surface area contributed by atoms with Crippen LogP contribution in [0.5, 0.6) is 5.75 Å². The van der Waals surface area contributed by atoms with Gasteiger partial charge < -0.3 is 14.1 Å². The molecule has 0 saturated heterocycles. The van der Waals surface area contributed by atoms with E-state index in [2.05, 4.69) is 23.0 Å². The number of aromatic amines is 1. The molecule has 1 aliphatic carbocycles. The standard InChI is InChI=1S/C22H26N2O3/c1-24(13-14-26-19-5-3-2-4-6-19)18-10-7-16(8-11-18)17-9-12-20-21(15-17)27-22(25)23-20/h2-6,9,12,15-16,18H,7-8,10-11,13-14H2,1H3,(H,23,25)/t16-,18-. The van der Waals surface area contributed by atoms with Gasteiger partial charge in [0.15, 0.2) is 5.58 Å². The Hall–Kier alpha value is -2.53. The highest BCUT2D eigenvalue weighted by Crippen LogP contribution is 2.35. The average molecular weight is 366 g/mol. The first kappa shape index (κ1) is 17.9. The van der Waals surface area contributed by atoms with E-state index in [0.717, 1.165) is 30.7 Å². The molecule has 5 heteroatoms. The Morgan fingerprint density at radius 2 is 1.89 bits per heavy atom. The van der Waals surface area contributed by atoms with E-state index in [1.54, 1.807) is 0 Å². The van der Waals surface area contributed by atoms with Crippen LogP contribution in [0.15, 0.2) is 57.7 Å². The average Bonchev–Trinajstić information content (AvgIpc) is 3.08. The number of ether oxygens (including phenoxy) is 1. The van der Waals surface area contributed by atoms with E-state index < -0.39 is 0 Å². The lowest BCUT2D eigenvalue weighted by molar-refractivity contribution is 0.154. The van der Waals surface area contributed by atoms with Crippen molar-refractivity contribution in [2.75, 3.05) is 20.2 Å². The number of likely N-dealkylation sites (N-methyl/N-ethyl adjacent to an activating group) is 1. The van der Waals surface area contributed by atoms with Crippen molar-refractivity contribution < 1.29 is 9.15 Å². The quantitative estimate of drug-likeness (QED) is 0.712. The lowest BCUT2D eigenvalue weighted by Crippen LogP contribution is -2.37. The van der Waals surface area contributed by atoms with Crippen LogP contribution in [-0.4, -0.2) is 36.1 Å². The Morgan fingerprint density at radius 3 is 2.67 bits per heavy atom. The molecule has 1 heterocycles. The number of hydrogen-bond acceptors (Lipinski definition) is 4. The smallest absolute Gasteiger partial charge is 0.417 e. The summed E-state index contributed by atoms with van der Waals surface area (Å²) in [6, 6.07) is 16.7. The highest BCUT2D eigenvalue weighted by Gasteiger charge is 2.25. The second-order valence-corrected chi connectivity index (χ2v) is 7.42. The molecule has 142 valence electrons. The van der Waals surface area contributed by atoms with Crippen LogP contribution in [0.25, 0.3) is 11.1 Å². The molecule has 0 aliphatic heterocycles. The molecule has 0 amide bonds. The summed E-state index contributed by atoms with van der Waals surface area (Å²) in [4.78, 5) is 16.5. The molecule has 1 fully saturated rings. The monoisotopic (exact) mass is 366 g/mol. The highest BCUT2D eigenvalue weighted by molar-refractivity contribution is 5.72. The Balaban J connectivity index is 1.28. The fourth-order valence-corrected chi connectivity index (χ4v) is 4.07. The van der Waals surface area contributed by atoms with Gasteiger partial charge in [-0.05, 0) is 68.5 Å². The SMILES string of the molecule is CN(CCOc1ccccc1)[C@H]1CC[C@H](c2ccc3[nH]c(=O)oc3c2)CC1. The van der Waals surface area contributed by atoms with E-state index in [1.807, 2.05) is 42.5 Å². The van der Waals surface area contributed by atoms with Gasteiger partial charge in [0.1, 0.15) is 12.4 Å². The fourth-order valence-electron chi connectivity index (χ4n) is 4.07. The predicted octanol–water partition coefficient (Wildman–Crippen LogP) is 4.16. The Labute approximate surface area is 158 Å². The van der Waals surface area contributed by atoms with Crippen LogP contribution >= 0.6 is 0 Å². The van der Waals surface area contributed by atoms with Crippen molar-refractivity contribution in [2.45, 2.75) is 37.6 Å². The number of nitrogens with one attached hydrogen (secondary N) is 1. The highest BCUT2D eigenvalue weighted by atomic mass is 16.5. The van der Waals surface area contributed by atoms with E-state index >= 15 is 0 Å². The molecule has 0 atom stereocenters. The van der Waals surface area contributed by atoms with Crippen molar-refractivity contribution in [3.05, 3.63) is 64.6 Å². The molecule has 5 nitrogen and oxygen atoms in total. The molecule has 0 radical (unpaired) electrons. The minimum Gasteiger partial charge on any atom is -0.492 e. The molecule has 3 aromatic rings. The van der Waals surface area contributed by atoms with Gasteiger partial charge in [-0.2, -0.15) is 0 Å². The summed E-state index contributed by atoms with van der Waals surface area (Å²) < 4.78 is 11.0. The van der Waals surface area contributed by atoms with E-state index in [-0.39, 0.29) is 5.76 Å². The molecule has 2 aromatic carbocycles. The number of benzene rings is 2. The van der Waals surface area contributed by atoms with Crippen LogP contribution < -0.4 is 10.5 Å². The first-order chi connectivity index (χ1) is 13.2. The zero-order chi connectivity index (χ0) is 18.6. The van der Waals surface area contributed by atoms with Crippen molar-refractivity contribution in [2.24, 2.45) is 0 Å². The summed E-state index contributed by atoms with van der Waals surface area (Å²) >= 11 is 0. The minimum absolute atomic E-state index is 0.384. The van der Waals surface area contributed by atoms with E-state index in [1.165, 1.54) is 18.4 Å². The van der Waals surface area contributed by atoms with Crippen LogP contribution in [0.2, 0.25) is 0 Å². The van der Waals surface area contributed by atoms with Crippen molar-refractivity contribution in [3.63, 3.8) is 0 Å². The van der Waals surface area contributed by atoms with Crippen molar-refractivity contribution in [3.8, 4) is 5.75 Å². The first-order valence-corrected chi connectivity index (χ1v) is 9.70. The largest absolute Gasteiger partial charge is 0.492 e. The number of hydrogen-bond donors (Lipinski definition) is 1. The molecule has 1 aliphatic rings. The molecule has 27 heavy (non-hydrogen) atoms. The number of aromatic nitrogens is 1. The second kappa shape index (κ2) is 8.01. The van der Waals surface area contributed by atoms with Crippen LogP contribution in [0.4, 0.5) is 0 Å². The van der Waals surface area contributed by atoms with Gasteiger partial charge in [-0.1, -0.05) is 24.3 Å². The summed E-state index contributed by atoms with van der Waals surface area (Å²) in [6.45, 7) is 1.65. The zero-order valence-electron chi connectivity index (χ0n) is 15.7. The molecule has 0 unspecified atom stereocenters. The third-order valence-electron chi connectivity index (χ3n) is 5.69. The third kappa shape index (κ3) is 4.25. The normalized spacial score (nSPS) is 20.2. The van der Waals surface area contributed by atoms with Crippen LogP contribution in [0.1, 0.15) is 37.2 Å². The van der Waals surface area contributed by atoms with Crippen LogP contribution in [0.3, 0.4) is 0 Å². The fraction of sp³-hybridized carbons (Fsp3) is 0.409. The molecule has 1 aromatic heterocycles. The maximum absolute atomic E-state index is 11.3. The molecular formula is C22H26N2O3. The molecule has 0 spiro atoms. The lowest BCUT2D eigenvalue weighted by atomic mass is 9.81. The molecule has 1 N–H and O–H groups in total. The van der Waals surface area contributed by atoms with E-state index in [0.29, 0.717) is 24.1 Å². The zero-order valence-corrected chi connectivity index (χ0v) is 15.7. The molecule has 0 bridgehead atoms. The van der Waals surface area contributed by atoms with Gasteiger partial charge >= 0.3 is 5.76 Å². The van der Waals surface area contributed by atoms with Gasteiger partial charge in [-0.3, -0.25) is 4.98 Å². The van der Waals surface area contributed by atoms with Crippen molar-refractivity contribution >= 4 is 11.1 Å². The van der Waals surface area contributed by atoms with E-state index in [9.17, 15) is 4.79 Å². The molecular weight excluding hydrogens is 340 g/mol. The van der Waals surface area contributed by atoms with Gasteiger partial charge in [0.05, 0.1) is 5.52 Å². The van der Waals surface area contributed by atoms with Gasteiger partial charge in [-0.25, -0.2) is 4.79 Å². The molecule has 4 rings (SSSR count). The third-order valence-corrected chi connectivity index (χ3v) is 5.69. The number of oxazole rings is 1. The Bertz CT molecular complexity index is 923. The second-order valence-electron chi connectivity index (χ2n) is 7.42. The Kier molecular flexibility index (Phi) is 5.30. The summed E-state index contributed by atoms with van der Waals surface area (Å²) in [7, 11) is 2.19. The van der Waals surface area contributed by atoms with Crippen molar-refractivity contribution in [1.29, 1.82) is 0 Å². The maximum Gasteiger partial charge on any atom is 0.417 e. The van der Waals surface area contributed by atoms with Gasteiger partial charge in [0, 0.05) is 12.6 Å².